The van der Waals surface area contributed by atoms with E-state index in [1.165, 1.54) is 5.56 Å². The lowest BCUT2D eigenvalue weighted by Gasteiger charge is -2.12. The number of anilines is 1. The van der Waals surface area contributed by atoms with Crippen molar-refractivity contribution in [1.29, 1.82) is 0 Å². The zero-order valence-corrected chi connectivity index (χ0v) is 15.6. The molecule has 1 unspecified atom stereocenters. The highest BCUT2D eigenvalue weighted by Crippen LogP contribution is 2.32. The van der Waals surface area contributed by atoms with Crippen molar-refractivity contribution in [2.24, 2.45) is 0 Å². The Morgan fingerprint density at radius 1 is 1.17 bits per heavy atom. The van der Waals surface area contributed by atoms with Gasteiger partial charge in [0.2, 0.25) is 0 Å². The van der Waals surface area contributed by atoms with Gasteiger partial charge in [-0.05, 0) is 37.5 Å². The Morgan fingerprint density at radius 2 is 1.91 bits per heavy atom. The number of benzene rings is 1. The lowest BCUT2D eigenvalue weighted by Crippen LogP contribution is -2.09. The number of thiazole rings is 2. The van der Waals surface area contributed by atoms with Gasteiger partial charge in [-0.25, -0.2) is 9.97 Å². The Balaban J connectivity index is 1.65. The molecule has 0 radical (unpaired) electrons. The van der Waals surface area contributed by atoms with Crippen LogP contribution in [0.5, 0.6) is 0 Å². The minimum atomic E-state index is 0.395. The maximum Gasteiger partial charge on any atom is 0.183 e. The Kier molecular flexibility index (Phi) is 4.99. The fraction of sp³-hybridized carbons (Fsp3) is 0.294. The monoisotopic (exact) mass is 363 g/mol. The minimum Gasteiger partial charge on any atom is -0.361 e. The third-order valence-corrected chi connectivity index (χ3v) is 5.79. The molecule has 0 saturated carbocycles. The highest BCUT2D eigenvalue weighted by atomic mass is 35.5. The van der Waals surface area contributed by atoms with E-state index in [1.54, 1.807) is 22.7 Å². The van der Waals surface area contributed by atoms with Crippen LogP contribution in [-0.2, 0) is 0 Å². The number of hydrogen-bond donors (Lipinski definition) is 1. The molecule has 0 aliphatic heterocycles. The highest BCUT2D eigenvalue weighted by molar-refractivity contribution is 7.16. The summed E-state index contributed by atoms with van der Waals surface area (Å²) in [5.41, 5.74) is 3.34. The third-order valence-electron chi connectivity index (χ3n) is 3.64. The van der Waals surface area contributed by atoms with Gasteiger partial charge in [0.1, 0.15) is 0 Å². The second-order valence-corrected chi connectivity index (χ2v) is 8.02. The van der Waals surface area contributed by atoms with Crippen LogP contribution in [-0.4, -0.2) is 16.5 Å². The first-order chi connectivity index (χ1) is 11.0. The van der Waals surface area contributed by atoms with E-state index in [0.29, 0.717) is 5.92 Å². The average Bonchev–Trinajstić information content (AvgIpc) is 3.11. The fourth-order valence-corrected chi connectivity index (χ4v) is 4.17. The highest BCUT2D eigenvalue weighted by Gasteiger charge is 2.12. The molecule has 6 heteroatoms. The molecular formula is C17H18ClN3S2. The van der Waals surface area contributed by atoms with Crippen LogP contribution in [0, 0.1) is 13.8 Å². The van der Waals surface area contributed by atoms with Crippen LogP contribution in [0.4, 0.5) is 5.13 Å². The number of nitrogens with zero attached hydrogens (tertiary/aromatic N) is 2. The predicted molar refractivity (Wildman–Crippen MR) is 101 cm³/mol. The first-order valence-electron chi connectivity index (χ1n) is 7.42. The average molecular weight is 364 g/mol. The predicted octanol–water partition coefficient (Wildman–Crippen LogP) is 5.75. The standard InChI is InChI=1S/C17H18ClN3S2/c1-10(13-4-6-14(18)7-5-13)8-19-17-21-15(9-22-17)16-11(2)20-12(3)23-16/h4-7,9-10H,8H2,1-3H3,(H,19,21). The van der Waals surface area contributed by atoms with Gasteiger partial charge in [0.25, 0.3) is 0 Å². The number of rotatable bonds is 5. The lowest BCUT2D eigenvalue weighted by molar-refractivity contribution is 0.804. The second-order valence-electron chi connectivity index (χ2n) is 5.52. The molecule has 3 aromatic rings. The quantitative estimate of drug-likeness (QED) is 0.626. The Morgan fingerprint density at radius 3 is 2.57 bits per heavy atom. The summed E-state index contributed by atoms with van der Waals surface area (Å²) >= 11 is 9.27. The molecule has 0 aliphatic carbocycles. The summed E-state index contributed by atoms with van der Waals surface area (Å²) in [5, 5.41) is 8.33. The molecule has 0 amide bonds. The van der Waals surface area contributed by atoms with E-state index < -0.39 is 0 Å². The molecule has 1 atom stereocenters. The summed E-state index contributed by atoms with van der Waals surface area (Å²) < 4.78 is 0. The van der Waals surface area contributed by atoms with Crippen LogP contribution in [0.25, 0.3) is 10.6 Å². The van der Waals surface area contributed by atoms with E-state index >= 15 is 0 Å². The van der Waals surface area contributed by atoms with Crippen molar-refractivity contribution in [2.45, 2.75) is 26.7 Å². The molecule has 3 rings (SSSR count). The van der Waals surface area contributed by atoms with E-state index in [9.17, 15) is 0 Å². The van der Waals surface area contributed by atoms with Crippen molar-refractivity contribution in [3.8, 4) is 10.6 Å². The molecule has 1 aromatic carbocycles. The SMILES string of the molecule is Cc1nc(C)c(-c2csc(NCC(C)c3ccc(Cl)cc3)n2)s1. The van der Waals surface area contributed by atoms with Crippen molar-refractivity contribution in [3.63, 3.8) is 0 Å². The number of nitrogens with one attached hydrogen (secondary N) is 1. The van der Waals surface area contributed by atoms with Gasteiger partial charge in [-0.2, -0.15) is 0 Å². The van der Waals surface area contributed by atoms with E-state index in [4.69, 9.17) is 16.6 Å². The summed E-state index contributed by atoms with van der Waals surface area (Å²) in [7, 11) is 0. The van der Waals surface area contributed by atoms with E-state index in [0.717, 1.165) is 38.0 Å². The Bertz CT molecular complexity index is 793. The second kappa shape index (κ2) is 6.99. The normalized spacial score (nSPS) is 12.3. The molecule has 0 saturated heterocycles. The molecule has 0 bridgehead atoms. The molecule has 0 aliphatic rings. The Labute approximate surface area is 149 Å². The van der Waals surface area contributed by atoms with Crippen LogP contribution in [0.15, 0.2) is 29.6 Å². The summed E-state index contributed by atoms with van der Waals surface area (Å²) in [5.74, 6) is 0.395. The molecule has 1 N–H and O–H groups in total. The zero-order valence-electron chi connectivity index (χ0n) is 13.3. The van der Waals surface area contributed by atoms with Crippen molar-refractivity contribution in [2.75, 3.05) is 11.9 Å². The van der Waals surface area contributed by atoms with Gasteiger partial charge >= 0.3 is 0 Å². The van der Waals surface area contributed by atoms with E-state index in [2.05, 4.69) is 34.7 Å². The first kappa shape index (κ1) is 16.4. The fourth-order valence-electron chi connectivity index (χ4n) is 2.38. The number of halogens is 1. The minimum absolute atomic E-state index is 0.395. The van der Waals surface area contributed by atoms with Crippen LogP contribution in [0.2, 0.25) is 5.02 Å². The molecular weight excluding hydrogens is 346 g/mol. The number of aromatic nitrogens is 2. The number of hydrogen-bond acceptors (Lipinski definition) is 5. The van der Waals surface area contributed by atoms with Gasteiger partial charge in [-0.1, -0.05) is 30.7 Å². The molecule has 23 heavy (non-hydrogen) atoms. The van der Waals surface area contributed by atoms with Gasteiger partial charge in [0, 0.05) is 16.9 Å². The van der Waals surface area contributed by atoms with Crippen molar-refractivity contribution >= 4 is 39.4 Å². The van der Waals surface area contributed by atoms with Crippen LogP contribution >= 0.6 is 34.3 Å². The van der Waals surface area contributed by atoms with Gasteiger partial charge in [-0.3, -0.25) is 0 Å². The maximum atomic E-state index is 5.94. The molecule has 120 valence electrons. The lowest BCUT2D eigenvalue weighted by atomic mass is 10.0. The van der Waals surface area contributed by atoms with Gasteiger partial charge in [0.05, 0.1) is 21.3 Å². The van der Waals surface area contributed by atoms with Gasteiger partial charge in [-0.15, -0.1) is 22.7 Å². The summed E-state index contributed by atoms with van der Waals surface area (Å²) in [6.45, 7) is 7.10. The molecule has 0 spiro atoms. The van der Waals surface area contributed by atoms with Crippen LogP contribution < -0.4 is 5.32 Å². The van der Waals surface area contributed by atoms with Crippen molar-refractivity contribution < 1.29 is 0 Å². The summed E-state index contributed by atoms with van der Waals surface area (Å²) in [4.78, 5) is 10.3. The number of aryl methyl sites for hydroxylation is 2. The van der Waals surface area contributed by atoms with Gasteiger partial charge < -0.3 is 5.32 Å². The molecule has 3 nitrogen and oxygen atoms in total. The summed E-state index contributed by atoms with van der Waals surface area (Å²) in [6.07, 6.45) is 0. The van der Waals surface area contributed by atoms with Gasteiger partial charge in [0.15, 0.2) is 5.13 Å². The molecule has 2 heterocycles. The molecule has 0 fully saturated rings. The van der Waals surface area contributed by atoms with E-state index in [-0.39, 0.29) is 0 Å². The summed E-state index contributed by atoms with van der Waals surface area (Å²) in [6, 6.07) is 8.02. The topological polar surface area (TPSA) is 37.8 Å². The third kappa shape index (κ3) is 3.91. The van der Waals surface area contributed by atoms with Crippen LogP contribution in [0.3, 0.4) is 0 Å². The van der Waals surface area contributed by atoms with Crippen molar-refractivity contribution in [1.82, 2.24) is 9.97 Å². The maximum absolute atomic E-state index is 5.94. The first-order valence-corrected chi connectivity index (χ1v) is 9.49. The van der Waals surface area contributed by atoms with E-state index in [1.807, 2.05) is 26.0 Å². The molecule has 2 aromatic heterocycles. The van der Waals surface area contributed by atoms with Crippen LogP contribution in [0.1, 0.15) is 29.1 Å². The largest absolute Gasteiger partial charge is 0.361 e. The van der Waals surface area contributed by atoms with Crippen molar-refractivity contribution in [3.05, 3.63) is 50.9 Å². The Hall–Kier alpha value is -1.43. The smallest absolute Gasteiger partial charge is 0.183 e. The zero-order chi connectivity index (χ0) is 16.4.